The largest absolute Gasteiger partial charge is 0.411 e. The minimum atomic E-state index is -0.252. The van der Waals surface area contributed by atoms with Crippen molar-refractivity contribution in [3.63, 3.8) is 0 Å². The molecule has 0 fully saturated rings. The van der Waals surface area contributed by atoms with E-state index in [0.717, 1.165) is 17.3 Å². The van der Waals surface area contributed by atoms with Crippen molar-refractivity contribution in [2.75, 3.05) is 0 Å². The number of carbonyl (C=O) groups is 1. The Morgan fingerprint density at radius 2 is 2.36 bits per heavy atom. The van der Waals surface area contributed by atoms with E-state index in [-0.39, 0.29) is 12.2 Å². The lowest BCUT2D eigenvalue weighted by atomic mass is 10.0. The van der Waals surface area contributed by atoms with Crippen LogP contribution < -0.4 is 0 Å². The lowest BCUT2D eigenvalue weighted by Crippen LogP contribution is -2.05. The molecule has 0 radical (unpaired) electrons. The van der Waals surface area contributed by atoms with E-state index in [1.807, 2.05) is 13.0 Å². The van der Waals surface area contributed by atoms with Gasteiger partial charge in [-0.3, -0.25) is 4.79 Å². The predicted molar refractivity (Wildman–Crippen MR) is 55.2 cm³/mol. The molecule has 0 amide bonds. The second-order valence-corrected chi connectivity index (χ2v) is 3.32. The fourth-order valence-corrected chi connectivity index (χ4v) is 1.34. The van der Waals surface area contributed by atoms with Crippen molar-refractivity contribution in [1.29, 1.82) is 0 Å². The Labute approximate surface area is 87.0 Å². The van der Waals surface area contributed by atoms with Gasteiger partial charge in [-0.25, -0.2) is 0 Å². The molecule has 3 nitrogen and oxygen atoms in total. The SMILES string of the molecule is Cc1c(Cl)cccc1CC(=O)/C=N\O. The second-order valence-electron chi connectivity index (χ2n) is 2.91. The van der Waals surface area contributed by atoms with Crippen molar-refractivity contribution >= 4 is 23.6 Å². The highest BCUT2D eigenvalue weighted by atomic mass is 35.5. The lowest BCUT2D eigenvalue weighted by molar-refractivity contribution is -0.112. The number of Topliss-reactive ketones (excluding diaryl/α,β-unsaturated/α-hetero) is 1. The normalized spacial score (nSPS) is 10.7. The molecule has 0 aromatic heterocycles. The average Bonchev–Trinajstić information content (AvgIpc) is 2.13. The molecule has 74 valence electrons. The van der Waals surface area contributed by atoms with Crippen LogP contribution in [-0.4, -0.2) is 17.2 Å². The van der Waals surface area contributed by atoms with Crippen molar-refractivity contribution in [3.8, 4) is 0 Å². The monoisotopic (exact) mass is 211 g/mol. The van der Waals surface area contributed by atoms with Crippen LogP contribution in [0.3, 0.4) is 0 Å². The van der Waals surface area contributed by atoms with E-state index in [1.165, 1.54) is 0 Å². The van der Waals surface area contributed by atoms with Gasteiger partial charge in [0.25, 0.3) is 0 Å². The molecule has 0 heterocycles. The van der Waals surface area contributed by atoms with Gasteiger partial charge in [0.15, 0.2) is 5.78 Å². The number of rotatable bonds is 3. The minimum Gasteiger partial charge on any atom is -0.411 e. The summed E-state index contributed by atoms with van der Waals surface area (Å²) in [6.45, 7) is 1.85. The molecule has 14 heavy (non-hydrogen) atoms. The standard InChI is InChI=1S/C10H10ClNO2/c1-7-8(3-2-4-10(7)11)5-9(13)6-12-14/h2-4,6,14H,5H2,1H3/b12-6-. The van der Waals surface area contributed by atoms with E-state index in [0.29, 0.717) is 5.02 Å². The second kappa shape index (κ2) is 4.77. The van der Waals surface area contributed by atoms with Crippen LogP contribution in [0.25, 0.3) is 0 Å². The van der Waals surface area contributed by atoms with Crippen molar-refractivity contribution in [2.45, 2.75) is 13.3 Å². The fourth-order valence-electron chi connectivity index (χ4n) is 1.14. The molecule has 0 saturated carbocycles. The van der Waals surface area contributed by atoms with E-state index in [9.17, 15) is 4.79 Å². The molecule has 0 spiro atoms. The van der Waals surface area contributed by atoms with Gasteiger partial charge in [0.05, 0.1) is 0 Å². The van der Waals surface area contributed by atoms with Crippen LogP contribution >= 0.6 is 11.6 Å². The molecular weight excluding hydrogens is 202 g/mol. The number of oxime groups is 1. The maximum atomic E-state index is 11.1. The third-order valence-corrected chi connectivity index (χ3v) is 2.36. The molecule has 1 rings (SSSR count). The lowest BCUT2D eigenvalue weighted by Gasteiger charge is -2.04. The predicted octanol–water partition coefficient (Wildman–Crippen LogP) is 2.22. The van der Waals surface area contributed by atoms with Gasteiger partial charge < -0.3 is 5.21 Å². The van der Waals surface area contributed by atoms with Crippen LogP contribution in [0, 0.1) is 6.92 Å². The molecule has 0 aliphatic rings. The van der Waals surface area contributed by atoms with Crippen molar-refractivity contribution < 1.29 is 10.0 Å². The van der Waals surface area contributed by atoms with Gasteiger partial charge in [-0.2, -0.15) is 0 Å². The summed E-state index contributed by atoms with van der Waals surface area (Å²) < 4.78 is 0. The summed E-state index contributed by atoms with van der Waals surface area (Å²) >= 11 is 5.88. The molecule has 1 aromatic rings. The number of carbonyl (C=O) groups excluding carboxylic acids is 1. The summed E-state index contributed by atoms with van der Waals surface area (Å²) in [4.78, 5) is 11.1. The van der Waals surface area contributed by atoms with Crippen LogP contribution in [0.2, 0.25) is 5.02 Å². The van der Waals surface area contributed by atoms with E-state index in [4.69, 9.17) is 16.8 Å². The minimum absolute atomic E-state index is 0.205. The molecule has 0 bridgehead atoms. The summed E-state index contributed by atoms with van der Waals surface area (Å²) in [7, 11) is 0. The Bertz CT molecular complexity index is 374. The highest BCUT2D eigenvalue weighted by molar-refractivity contribution is 6.31. The van der Waals surface area contributed by atoms with Gasteiger partial charge in [-0.05, 0) is 24.1 Å². The molecule has 0 aliphatic carbocycles. The molecule has 1 N–H and O–H groups in total. The van der Waals surface area contributed by atoms with E-state index < -0.39 is 0 Å². The Morgan fingerprint density at radius 3 is 3.00 bits per heavy atom. The summed E-state index contributed by atoms with van der Waals surface area (Å²) in [6.07, 6.45) is 1.09. The summed E-state index contributed by atoms with van der Waals surface area (Å²) in [6, 6.07) is 5.38. The summed E-state index contributed by atoms with van der Waals surface area (Å²) in [5, 5.41) is 11.5. The summed E-state index contributed by atoms with van der Waals surface area (Å²) in [5.74, 6) is -0.252. The van der Waals surface area contributed by atoms with Gasteiger partial charge in [-0.15, -0.1) is 0 Å². The van der Waals surface area contributed by atoms with Crippen LogP contribution in [-0.2, 0) is 11.2 Å². The van der Waals surface area contributed by atoms with E-state index >= 15 is 0 Å². The van der Waals surface area contributed by atoms with Gasteiger partial charge in [-0.1, -0.05) is 28.9 Å². The Kier molecular flexibility index (Phi) is 3.65. The first-order valence-electron chi connectivity index (χ1n) is 4.09. The van der Waals surface area contributed by atoms with Crippen LogP contribution in [0.4, 0.5) is 0 Å². The zero-order valence-electron chi connectivity index (χ0n) is 7.70. The van der Waals surface area contributed by atoms with Crippen LogP contribution in [0.1, 0.15) is 11.1 Å². The smallest absolute Gasteiger partial charge is 0.181 e. The van der Waals surface area contributed by atoms with Gasteiger partial charge in [0.1, 0.15) is 6.21 Å². The molecule has 0 unspecified atom stereocenters. The fraction of sp³-hybridized carbons (Fsp3) is 0.200. The first kappa shape index (κ1) is 10.7. The number of halogens is 1. The van der Waals surface area contributed by atoms with Crippen molar-refractivity contribution in [1.82, 2.24) is 0 Å². The van der Waals surface area contributed by atoms with Crippen molar-refractivity contribution in [3.05, 3.63) is 34.3 Å². The third-order valence-electron chi connectivity index (χ3n) is 1.95. The number of hydrogen-bond acceptors (Lipinski definition) is 3. The topological polar surface area (TPSA) is 49.7 Å². The molecule has 0 aliphatic heterocycles. The van der Waals surface area contributed by atoms with Gasteiger partial charge >= 0.3 is 0 Å². The molecule has 4 heteroatoms. The first-order valence-corrected chi connectivity index (χ1v) is 4.47. The molecule has 0 atom stereocenters. The third kappa shape index (κ3) is 2.57. The first-order chi connectivity index (χ1) is 6.65. The highest BCUT2D eigenvalue weighted by Crippen LogP contribution is 2.18. The molecule has 0 saturated heterocycles. The molecular formula is C10H10ClNO2. The van der Waals surface area contributed by atoms with E-state index in [2.05, 4.69) is 5.16 Å². The van der Waals surface area contributed by atoms with Gasteiger partial charge in [0.2, 0.25) is 0 Å². The van der Waals surface area contributed by atoms with Crippen molar-refractivity contribution in [2.24, 2.45) is 5.16 Å². The van der Waals surface area contributed by atoms with E-state index in [1.54, 1.807) is 12.1 Å². The van der Waals surface area contributed by atoms with Crippen LogP contribution in [0.5, 0.6) is 0 Å². The van der Waals surface area contributed by atoms with Gasteiger partial charge in [0, 0.05) is 11.4 Å². The Morgan fingerprint density at radius 1 is 1.64 bits per heavy atom. The zero-order valence-corrected chi connectivity index (χ0v) is 8.45. The average molecular weight is 212 g/mol. The number of ketones is 1. The Balaban J connectivity index is 2.87. The quantitative estimate of drug-likeness (QED) is 0.474. The molecule has 1 aromatic carbocycles. The number of hydrogen-bond donors (Lipinski definition) is 1. The maximum Gasteiger partial charge on any atom is 0.181 e. The highest BCUT2D eigenvalue weighted by Gasteiger charge is 2.05. The zero-order chi connectivity index (χ0) is 10.6. The Hall–Kier alpha value is -1.35. The summed E-state index contributed by atoms with van der Waals surface area (Å²) in [5.41, 5.74) is 1.73. The number of benzene rings is 1. The van der Waals surface area contributed by atoms with Crippen LogP contribution in [0.15, 0.2) is 23.4 Å². The maximum absolute atomic E-state index is 11.1. The number of nitrogens with zero attached hydrogens (tertiary/aromatic N) is 1.